The molecule has 2 aromatic rings. The molecule has 0 radical (unpaired) electrons. The van der Waals surface area contributed by atoms with Gasteiger partial charge in [-0.05, 0) is 63.0 Å². The van der Waals surface area contributed by atoms with Crippen LogP contribution in [-0.4, -0.2) is 75.1 Å². The largest absolute Gasteiger partial charge is 0.507 e. The summed E-state index contributed by atoms with van der Waals surface area (Å²) in [4.78, 5) is 29.7. The average Bonchev–Trinajstić information content (AvgIpc) is 3.07. The van der Waals surface area contributed by atoms with Crippen LogP contribution in [0.4, 0.5) is 0 Å². The Kier molecular flexibility index (Phi) is 8.06. The highest BCUT2D eigenvalue weighted by atomic mass is 35.5. The van der Waals surface area contributed by atoms with E-state index in [1.807, 2.05) is 19.0 Å². The molecule has 0 aliphatic carbocycles. The molecule has 1 heterocycles. The van der Waals surface area contributed by atoms with Gasteiger partial charge < -0.3 is 29.1 Å². The second-order valence-corrected chi connectivity index (χ2v) is 8.52. The predicted octanol–water partition coefficient (Wildman–Crippen LogP) is 3.74. The molecule has 34 heavy (non-hydrogen) atoms. The van der Waals surface area contributed by atoms with E-state index >= 15 is 0 Å². The maximum Gasteiger partial charge on any atom is 0.295 e. The van der Waals surface area contributed by atoms with Crippen molar-refractivity contribution in [2.45, 2.75) is 12.5 Å². The Morgan fingerprint density at radius 3 is 2.24 bits per heavy atom. The van der Waals surface area contributed by atoms with Crippen LogP contribution in [0.1, 0.15) is 23.6 Å². The number of Topliss-reactive ketones (excluding diaryl/α,β-unsaturated/α-hetero) is 1. The van der Waals surface area contributed by atoms with Gasteiger partial charge in [-0.25, -0.2) is 0 Å². The van der Waals surface area contributed by atoms with Crippen LogP contribution < -0.4 is 14.2 Å². The lowest BCUT2D eigenvalue weighted by Gasteiger charge is -2.26. The fourth-order valence-corrected chi connectivity index (χ4v) is 4.26. The number of carbonyl (C=O) groups excluding carboxylic acids is 2. The molecule has 1 saturated heterocycles. The summed E-state index contributed by atoms with van der Waals surface area (Å²) in [6.45, 7) is 1.07. The third-order valence-corrected chi connectivity index (χ3v) is 5.99. The van der Waals surface area contributed by atoms with E-state index in [9.17, 15) is 14.7 Å². The first-order valence-electron chi connectivity index (χ1n) is 10.7. The van der Waals surface area contributed by atoms with Crippen molar-refractivity contribution in [3.8, 4) is 17.2 Å². The maximum atomic E-state index is 13.2. The highest BCUT2D eigenvalue weighted by Gasteiger charge is 2.46. The van der Waals surface area contributed by atoms with Gasteiger partial charge in [0.25, 0.3) is 11.7 Å². The SMILES string of the molecule is COc1ccc(/C(O)=C2\C(=O)C(=O)N(CCCN(C)C)[C@H]2c2ccc(OC)c(OC)c2)cc1Cl. The zero-order chi connectivity index (χ0) is 25.0. The highest BCUT2D eigenvalue weighted by Crippen LogP contribution is 2.42. The standard InChI is InChI=1S/C25H29ClN2O6/c1-27(2)11-6-12-28-22(15-7-10-19(33-4)20(14-15)34-5)21(24(30)25(28)31)23(29)16-8-9-18(32-3)17(26)13-16/h7-10,13-14,22,29H,6,11-12H2,1-5H3/b23-21+/t22-/m0/s1. The minimum Gasteiger partial charge on any atom is -0.507 e. The molecule has 1 N–H and O–H groups in total. The molecule has 1 aliphatic heterocycles. The van der Waals surface area contributed by atoms with Crippen molar-refractivity contribution in [1.29, 1.82) is 0 Å². The van der Waals surface area contributed by atoms with Gasteiger partial charge in [-0.3, -0.25) is 9.59 Å². The zero-order valence-corrected chi connectivity index (χ0v) is 20.7. The van der Waals surface area contributed by atoms with Gasteiger partial charge in [-0.1, -0.05) is 17.7 Å². The second-order valence-electron chi connectivity index (χ2n) is 8.11. The topological polar surface area (TPSA) is 88.5 Å². The quantitative estimate of drug-likeness (QED) is 0.327. The van der Waals surface area contributed by atoms with E-state index in [0.717, 1.165) is 6.54 Å². The first kappa shape index (κ1) is 25.4. The number of halogens is 1. The molecular weight excluding hydrogens is 460 g/mol. The molecule has 3 rings (SSSR count). The molecule has 1 atom stereocenters. The van der Waals surface area contributed by atoms with Gasteiger partial charge in [0, 0.05) is 12.1 Å². The van der Waals surface area contributed by atoms with E-state index in [-0.39, 0.29) is 16.4 Å². The van der Waals surface area contributed by atoms with Crippen LogP contribution in [0.3, 0.4) is 0 Å². The van der Waals surface area contributed by atoms with Crippen molar-refractivity contribution in [3.63, 3.8) is 0 Å². The van der Waals surface area contributed by atoms with Crippen LogP contribution in [-0.2, 0) is 9.59 Å². The van der Waals surface area contributed by atoms with Crippen LogP contribution in [0, 0.1) is 0 Å². The zero-order valence-electron chi connectivity index (χ0n) is 19.9. The summed E-state index contributed by atoms with van der Waals surface area (Å²) < 4.78 is 15.9. The molecule has 2 aromatic carbocycles. The molecular formula is C25H29ClN2O6. The van der Waals surface area contributed by atoms with Crippen molar-refractivity contribution in [2.24, 2.45) is 0 Å². The summed E-state index contributed by atoms with van der Waals surface area (Å²) in [5.41, 5.74) is 0.911. The average molecular weight is 489 g/mol. The Bertz CT molecular complexity index is 1110. The van der Waals surface area contributed by atoms with Gasteiger partial charge in [-0.15, -0.1) is 0 Å². The molecule has 0 bridgehead atoms. The Morgan fingerprint density at radius 2 is 1.65 bits per heavy atom. The summed E-state index contributed by atoms with van der Waals surface area (Å²) in [5, 5.41) is 11.5. The Morgan fingerprint density at radius 1 is 1.00 bits per heavy atom. The Balaban J connectivity index is 2.16. The number of hydrogen-bond donors (Lipinski definition) is 1. The van der Waals surface area contributed by atoms with E-state index in [4.69, 9.17) is 25.8 Å². The van der Waals surface area contributed by atoms with Gasteiger partial charge >= 0.3 is 0 Å². The van der Waals surface area contributed by atoms with Crippen molar-refractivity contribution in [2.75, 3.05) is 48.5 Å². The molecule has 0 unspecified atom stereocenters. The molecule has 1 fully saturated rings. The molecule has 1 aliphatic rings. The molecule has 0 aromatic heterocycles. The summed E-state index contributed by atoms with van der Waals surface area (Å²) in [7, 11) is 8.39. The van der Waals surface area contributed by atoms with Gasteiger partial charge in [0.15, 0.2) is 11.5 Å². The van der Waals surface area contributed by atoms with E-state index in [2.05, 4.69) is 0 Å². The number of amides is 1. The van der Waals surface area contributed by atoms with Gasteiger partial charge in [0.2, 0.25) is 0 Å². The number of rotatable bonds is 9. The minimum atomic E-state index is -0.803. The van der Waals surface area contributed by atoms with Crippen LogP contribution in [0.15, 0.2) is 42.0 Å². The number of ketones is 1. The van der Waals surface area contributed by atoms with Crippen LogP contribution in [0.25, 0.3) is 5.76 Å². The Labute approximate surface area is 204 Å². The molecule has 182 valence electrons. The summed E-state index contributed by atoms with van der Waals surface area (Å²) >= 11 is 6.24. The number of hydrogen-bond acceptors (Lipinski definition) is 7. The number of carbonyl (C=O) groups is 2. The lowest BCUT2D eigenvalue weighted by molar-refractivity contribution is -0.139. The van der Waals surface area contributed by atoms with Crippen molar-refractivity contribution in [1.82, 2.24) is 9.80 Å². The number of methoxy groups -OCH3 is 3. The molecule has 9 heteroatoms. The highest BCUT2D eigenvalue weighted by molar-refractivity contribution is 6.46. The van der Waals surface area contributed by atoms with E-state index < -0.39 is 17.7 Å². The molecule has 0 spiro atoms. The molecule has 8 nitrogen and oxygen atoms in total. The van der Waals surface area contributed by atoms with E-state index in [1.54, 1.807) is 30.3 Å². The summed E-state index contributed by atoms with van der Waals surface area (Å²) in [6.07, 6.45) is 0.651. The minimum absolute atomic E-state index is 0.0108. The summed E-state index contributed by atoms with van der Waals surface area (Å²) in [5.74, 6) is -0.338. The normalized spacial score (nSPS) is 17.4. The van der Waals surface area contributed by atoms with Crippen LogP contribution in [0.5, 0.6) is 17.2 Å². The fraction of sp³-hybridized carbons (Fsp3) is 0.360. The van der Waals surface area contributed by atoms with E-state index in [1.165, 1.54) is 32.3 Å². The van der Waals surface area contributed by atoms with Gasteiger partial charge in [0.05, 0.1) is 38.0 Å². The number of likely N-dealkylation sites (tertiary alicyclic amines) is 1. The monoisotopic (exact) mass is 488 g/mol. The molecule has 0 saturated carbocycles. The number of nitrogens with zero attached hydrogens (tertiary/aromatic N) is 2. The summed E-state index contributed by atoms with van der Waals surface area (Å²) in [6, 6.07) is 9.05. The number of aliphatic hydroxyl groups is 1. The predicted molar refractivity (Wildman–Crippen MR) is 130 cm³/mol. The Hall–Kier alpha value is -3.23. The third-order valence-electron chi connectivity index (χ3n) is 5.69. The number of aliphatic hydroxyl groups excluding tert-OH is 1. The van der Waals surface area contributed by atoms with Gasteiger partial charge in [-0.2, -0.15) is 0 Å². The fourth-order valence-electron chi connectivity index (χ4n) is 4.01. The van der Waals surface area contributed by atoms with Crippen molar-refractivity contribution in [3.05, 3.63) is 58.1 Å². The number of ether oxygens (including phenoxy) is 3. The first-order valence-corrected chi connectivity index (χ1v) is 11.1. The second kappa shape index (κ2) is 10.8. The van der Waals surface area contributed by atoms with E-state index in [0.29, 0.717) is 41.3 Å². The smallest absolute Gasteiger partial charge is 0.295 e. The van der Waals surface area contributed by atoms with Gasteiger partial charge in [0.1, 0.15) is 11.5 Å². The maximum absolute atomic E-state index is 13.2. The number of benzene rings is 2. The lowest BCUT2D eigenvalue weighted by atomic mass is 9.95. The lowest BCUT2D eigenvalue weighted by Crippen LogP contribution is -2.32. The van der Waals surface area contributed by atoms with Crippen LogP contribution >= 0.6 is 11.6 Å². The van der Waals surface area contributed by atoms with Crippen molar-refractivity contribution >= 4 is 29.1 Å². The first-order chi connectivity index (χ1) is 16.2. The molecule has 1 amide bonds. The third kappa shape index (κ3) is 4.98. The van der Waals surface area contributed by atoms with Crippen LogP contribution in [0.2, 0.25) is 5.02 Å². The van der Waals surface area contributed by atoms with Crippen molar-refractivity contribution < 1.29 is 28.9 Å².